The van der Waals surface area contributed by atoms with E-state index in [1.165, 1.54) is 6.20 Å². The summed E-state index contributed by atoms with van der Waals surface area (Å²) in [5, 5.41) is 14.3. The van der Waals surface area contributed by atoms with Crippen molar-refractivity contribution in [2.45, 2.75) is 26.3 Å². The Morgan fingerprint density at radius 3 is 2.84 bits per heavy atom. The molecule has 6 nitrogen and oxygen atoms in total. The second kappa shape index (κ2) is 6.88. The molecular formula is C18H20ClN3O3. The highest BCUT2D eigenvalue weighted by Crippen LogP contribution is 2.30. The van der Waals surface area contributed by atoms with Crippen LogP contribution in [0.2, 0.25) is 5.02 Å². The molecule has 1 aliphatic rings. The summed E-state index contributed by atoms with van der Waals surface area (Å²) in [6.45, 7) is 2.95. The Labute approximate surface area is 151 Å². The number of nitrogens with zero attached hydrogens (tertiary/aromatic N) is 3. The first-order chi connectivity index (χ1) is 11.9. The molecule has 0 radical (unpaired) electrons. The number of likely N-dealkylation sites (tertiary alicyclic amines) is 1. The van der Waals surface area contributed by atoms with E-state index in [1.807, 2.05) is 24.3 Å². The quantitative estimate of drug-likeness (QED) is 0.908. The van der Waals surface area contributed by atoms with Crippen LogP contribution in [0.3, 0.4) is 0 Å². The molecule has 25 heavy (non-hydrogen) atoms. The minimum absolute atomic E-state index is 0.183. The number of carboxylic acid groups (broad SMARTS) is 1. The molecule has 3 rings (SSSR count). The fourth-order valence-corrected chi connectivity index (χ4v) is 3.33. The molecule has 0 aliphatic carbocycles. The molecule has 0 spiro atoms. The average Bonchev–Trinajstić information content (AvgIpc) is 3.05. The highest BCUT2D eigenvalue weighted by atomic mass is 35.5. The Bertz CT molecular complexity index is 804. The van der Waals surface area contributed by atoms with E-state index in [1.54, 1.807) is 22.7 Å². The first-order valence-electron chi connectivity index (χ1n) is 8.17. The molecule has 1 N–H and O–H groups in total. The number of carboxylic acids is 1. The molecule has 0 saturated carbocycles. The van der Waals surface area contributed by atoms with Crippen LogP contribution in [-0.2, 0) is 11.3 Å². The van der Waals surface area contributed by atoms with Gasteiger partial charge in [0.1, 0.15) is 0 Å². The van der Waals surface area contributed by atoms with Crippen molar-refractivity contribution >= 4 is 23.5 Å². The maximum atomic E-state index is 12.7. The summed E-state index contributed by atoms with van der Waals surface area (Å²) in [5.41, 5.74) is 0.492. The molecule has 2 aromatic rings. The monoisotopic (exact) mass is 361 g/mol. The summed E-state index contributed by atoms with van der Waals surface area (Å²) in [6.07, 6.45) is 4.46. The Hall–Kier alpha value is -2.34. The van der Waals surface area contributed by atoms with Gasteiger partial charge in [-0.1, -0.05) is 29.8 Å². The van der Waals surface area contributed by atoms with Gasteiger partial charge in [-0.05, 0) is 31.4 Å². The van der Waals surface area contributed by atoms with E-state index in [4.69, 9.17) is 11.6 Å². The summed E-state index contributed by atoms with van der Waals surface area (Å²) in [6, 6.07) is 7.48. The van der Waals surface area contributed by atoms with Crippen LogP contribution >= 0.6 is 11.6 Å². The molecule has 132 valence electrons. The van der Waals surface area contributed by atoms with Crippen molar-refractivity contribution in [1.29, 1.82) is 0 Å². The third kappa shape index (κ3) is 3.69. The van der Waals surface area contributed by atoms with Crippen molar-refractivity contribution in [3.05, 3.63) is 52.8 Å². The number of halogens is 1. The summed E-state index contributed by atoms with van der Waals surface area (Å²) >= 11 is 6.15. The van der Waals surface area contributed by atoms with Crippen LogP contribution in [0.1, 0.15) is 35.7 Å². The predicted molar refractivity (Wildman–Crippen MR) is 93.7 cm³/mol. The van der Waals surface area contributed by atoms with Gasteiger partial charge in [0, 0.05) is 24.3 Å². The topological polar surface area (TPSA) is 75.4 Å². The first kappa shape index (κ1) is 17.5. The predicted octanol–water partition coefficient (Wildman–Crippen LogP) is 2.91. The Kier molecular flexibility index (Phi) is 4.81. The number of piperidine rings is 1. The van der Waals surface area contributed by atoms with Gasteiger partial charge >= 0.3 is 5.97 Å². The highest BCUT2D eigenvalue weighted by molar-refractivity contribution is 6.31. The number of hydrogen-bond acceptors (Lipinski definition) is 3. The SMILES string of the molecule is CC1(C(=O)O)CCCN(C(=O)c2cnn(Cc3ccccc3Cl)c2)C1. The van der Waals surface area contributed by atoms with E-state index in [2.05, 4.69) is 5.10 Å². The Morgan fingerprint density at radius 2 is 2.12 bits per heavy atom. The first-order valence-corrected chi connectivity index (χ1v) is 8.55. The second-order valence-electron chi connectivity index (χ2n) is 6.71. The van der Waals surface area contributed by atoms with Crippen molar-refractivity contribution in [3.63, 3.8) is 0 Å². The van der Waals surface area contributed by atoms with Crippen LogP contribution in [0.15, 0.2) is 36.7 Å². The molecule has 0 bridgehead atoms. The molecular weight excluding hydrogens is 342 g/mol. The molecule has 1 fully saturated rings. The van der Waals surface area contributed by atoms with Crippen molar-refractivity contribution < 1.29 is 14.7 Å². The number of aromatic nitrogens is 2. The molecule has 1 aromatic heterocycles. The Morgan fingerprint density at radius 1 is 1.36 bits per heavy atom. The summed E-state index contributed by atoms with van der Waals surface area (Å²) in [7, 11) is 0. The van der Waals surface area contributed by atoms with E-state index in [0.717, 1.165) is 5.56 Å². The lowest BCUT2D eigenvalue weighted by Crippen LogP contribution is -2.48. The minimum atomic E-state index is -0.887. The minimum Gasteiger partial charge on any atom is -0.481 e. The smallest absolute Gasteiger partial charge is 0.311 e. The zero-order valence-electron chi connectivity index (χ0n) is 14.0. The van der Waals surface area contributed by atoms with Gasteiger partial charge in [0.25, 0.3) is 5.91 Å². The Balaban J connectivity index is 1.72. The van der Waals surface area contributed by atoms with E-state index in [9.17, 15) is 14.7 Å². The number of carbonyl (C=O) groups is 2. The molecule has 1 aromatic carbocycles. The van der Waals surface area contributed by atoms with Crippen LogP contribution in [0.4, 0.5) is 0 Å². The van der Waals surface area contributed by atoms with Gasteiger partial charge in [-0.3, -0.25) is 14.3 Å². The maximum absolute atomic E-state index is 12.7. The molecule has 1 saturated heterocycles. The lowest BCUT2D eigenvalue weighted by molar-refractivity contribution is -0.150. The normalized spacial score (nSPS) is 20.5. The lowest BCUT2D eigenvalue weighted by atomic mass is 9.82. The van der Waals surface area contributed by atoms with Crippen LogP contribution in [0.25, 0.3) is 0 Å². The summed E-state index contributed by atoms with van der Waals surface area (Å²) in [4.78, 5) is 25.8. The summed E-state index contributed by atoms with van der Waals surface area (Å²) < 4.78 is 1.66. The van der Waals surface area contributed by atoms with Gasteiger partial charge in [0.15, 0.2) is 0 Å². The average molecular weight is 362 g/mol. The van der Waals surface area contributed by atoms with Crippen LogP contribution in [0, 0.1) is 5.41 Å². The zero-order valence-corrected chi connectivity index (χ0v) is 14.7. The molecule has 1 aliphatic heterocycles. The summed E-state index contributed by atoms with van der Waals surface area (Å²) in [5.74, 6) is -1.04. The fourth-order valence-electron chi connectivity index (χ4n) is 3.13. The van der Waals surface area contributed by atoms with E-state index in [0.29, 0.717) is 36.5 Å². The van der Waals surface area contributed by atoms with Gasteiger partial charge in [-0.2, -0.15) is 5.10 Å². The molecule has 1 amide bonds. The molecule has 2 heterocycles. The third-order valence-corrected chi connectivity index (χ3v) is 5.04. The standard InChI is InChI=1S/C18H20ClN3O3/c1-18(17(24)25)7-4-8-21(12-18)16(23)14-9-20-22(11-14)10-13-5-2-3-6-15(13)19/h2-3,5-6,9,11H,4,7-8,10,12H2,1H3,(H,24,25). The van der Waals surface area contributed by atoms with Crippen LogP contribution < -0.4 is 0 Å². The maximum Gasteiger partial charge on any atom is 0.311 e. The number of aliphatic carboxylic acids is 1. The second-order valence-corrected chi connectivity index (χ2v) is 7.12. The fraction of sp³-hybridized carbons (Fsp3) is 0.389. The largest absolute Gasteiger partial charge is 0.481 e. The number of carbonyl (C=O) groups excluding carboxylic acids is 1. The molecule has 7 heteroatoms. The van der Waals surface area contributed by atoms with E-state index < -0.39 is 11.4 Å². The highest BCUT2D eigenvalue weighted by Gasteiger charge is 2.39. The van der Waals surface area contributed by atoms with Crippen molar-refractivity contribution in [2.24, 2.45) is 5.41 Å². The van der Waals surface area contributed by atoms with E-state index in [-0.39, 0.29) is 12.5 Å². The number of rotatable bonds is 4. The number of amides is 1. The van der Waals surface area contributed by atoms with Gasteiger partial charge in [0.2, 0.25) is 0 Å². The lowest BCUT2D eigenvalue weighted by Gasteiger charge is -2.37. The van der Waals surface area contributed by atoms with Crippen LogP contribution in [-0.4, -0.2) is 44.8 Å². The molecule has 1 atom stereocenters. The third-order valence-electron chi connectivity index (χ3n) is 4.67. The van der Waals surface area contributed by atoms with Crippen LogP contribution in [0.5, 0.6) is 0 Å². The van der Waals surface area contributed by atoms with Gasteiger partial charge < -0.3 is 10.0 Å². The zero-order chi connectivity index (χ0) is 18.0. The van der Waals surface area contributed by atoms with Crippen molar-refractivity contribution in [1.82, 2.24) is 14.7 Å². The van der Waals surface area contributed by atoms with Gasteiger partial charge in [-0.25, -0.2) is 0 Å². The van der Waals surface area contributed by atoms with Crippen molar-refractivity contribution in [3.8, 4) is 0 Å². The van der Waals surface area contributed by atoms with E-state index >= 15 is 0 Å². The molecule has 1 unspecified atom stereocenters. The number of benzene rings is 1. The van der Waals surface area contributed by atoms with Crippen molar-refractivity contribution in [2.75, 3.05) is 13.1 Å². The van der Waals surface area contributed by atoms with Gasteiger partial charge in [0.05, 0.1) is 23.7 Å². The number of hydrogen-bond donors (Lipinski definition) is 1. The van der Waals surface area contributed by atoms with Gasteiger partial charge in [-0.15, -0.1) is 0 Å².